The van der Waals surface area contributed by atoms with Gasteiger partial charge in [-0.2, -0.15) is 0 Å². The fraction of sp³-hybridized carbons (Fsp3) is 0.538. The average molecular weight is 219 g/mol. The molecule has 87 valence electrons. The highest BCUT2D eigenvalue weighted by molar-refractivity contribution is 6.18. The molecule has 2 rings (SSSR count). The molecule has 1 aliphatic rings. The first-order chi connectivity index (χ1) is 7.46. The number of hydrogen-bond donors (Lipinski definition) is 0. The van der Waals surface area contributed by atoms with E-state index in [-0.39, 0.29) is 11.0 Å². The predicted molar refractivity (Wildman–Crippen MR) is 67.1 cm³/mol. The van der Waals surface area contributed by atoms with Gasteiger partial charge in [0, 0.05) is 12.0 Å². The molecule has 1 aromatic carbocycles. The molecule has 0 saturated carbocycles. The number of hydrogen-bond acceptors (Lipinski definition) is 2. The summed E-state index contributed by atoms with van der Waals surface area (Å²) in [5, 5.41) is 0. The maximum Gasteiger partial charge on any atom is 0.488 e. The normalized spacial score (nSPS) is 21.2. The summed E-state index contributed by atoms with van der Waals surface area (Å²) in [6.45, 7) is 9.16. The minimum absolute atomic E-state index is 0.0990. The third kappa shape index (κ3) is 3.65. The Labute approximate surface area is 99.3 Å². The van der Waals surface area contributed by atoms with Crippen LogP contribution in [0.3, 0.4) is 0 Å². The Morgan fingerprint density at radius 3 is 1.56 bits per heavy atom. The van der Waals surface area contributed by atoms with E-state index in [0.717, 1.165) is 6.61 Å². The molecule has 1 radical (unpaired) electrons. The molecule has 0 unspecified atom stereocenters. The molecule has 0 bridgehead atoms. The summed E-state index contributed by atoms with van der Waals surface area (Å²) >= 11 is 0. The Bertz CT molecular complexity index is 253. The van der Waals surface area contributed by atoms with Crippen LogP contribution >= 0.6 is 0 Å². The van der Waals surface area contributed by atoms with E-state index in [1.54, 1.807) is 0 Å². The van der Waals surface area contributed by atoms with Crippen molar-refractivity contribution in [1.82, 2.24) is 0 Å². The zero-order valence-corrected chi connectivity index (χ0v) is 10.6. The molecule has 1 heterocycles. The van der Waals surface area contributed by atoms with E-state index in [2.05, 4.69) is 27.7 Å². The third-order valence-corrected chi connectivity index (χ3v) is 3.15. The van der Waals surface area contributed by atoms with E-state index in [1.807, 2.05) is 36.4 Å². The van der Waals surface area contributed by atoms with Gasteiger partial charge in [0.2, 0.25) is 0 Å². The summed E-state index contributed by atoms with van der Waals surface area (Å²) in [5.41, 5.74) is -0.00694. The second-order valence-electron chi connectivity index (χ2n) is 5.07. The first-order valence-corrected chi connectivity index (χ1v) is 5.57. The fourth-order valence-corrected chi connectivity index (χ4v) is 1.11. The Hall–Kier alpha value is -0.795. The van der Waals surface area contributed by atoms with Gasteiger partial charge >= 0.3 is 7.69 Å². The highest BCUT2D eigenvalue weighted by atomic mass is 16.6. The van der Waals surface area contributed by atoms with Crippen LogP contribution < -0.4 is 0 Å². The second-order valence-corrected chi connectivity index (χ2v) is 5.07. The Balaban J connectivity index is 0.000000181. The van der Waals surface area contributed by atoms with E-state index in [0.29, 0.717) is 0 Å². The van der Waals surface area contributed by atoms with Gasteiger partial charge in [-0.15, -0.1) is 0 Å². The Morgan fingerprint density at radius 1 is 0.875 bits per heavy atom. The summed E-state index contributed by atoms with van der Waals surface area (Å²) in [6, 6.07) is 12.0. The van der Waals surface area contributed by atoms with Crippen molar-refractivity contribution in [3.8, 4) is 0 Å². The third-order valence-electron chi connectivity index (χ3n) is 3.15. The fourth-order valence-electron chi connectivity index (χ4n) is 1.11. The number of rotatable bonds is 0. The van der Waals surface area contributed by atoms with Crippen LogP contribution in [-0.4, -0.2) is 19.9 Å². The van der Waals surface area contributed by atoms with Crippen LogP contribution in [0, 0.1) is 5.41 Å². The van der Waals surface area contributed by atoms with Crippen LogP contribution in [0.1, 0.15) is 27.7 Å². The molecule has 1 fully saturated rings. The van der Waals surface area contributed by atoms with Crippen molar-refractivity contribution in [2.45, 2.75) is 33.3 Å². The summed E-state index contributed by atoms with van der Waals surface area (Å²) < 4.78 is 10.4. The molecule has 1 aliphatic heterocycles. The quantitative estimate of drug-likeness (QED) is 0.624. The Kier molecular flexibility index (Phi) is 4.57. The van der Waals surface area contributed by atoms with Crippen molar-refractivity contribution in [3.05, 3.63) is 36.4 Å². The second kappa shape index (κ2) is 5.51. The topological polar surface area (TPSA) is 18.5 Å². The molecule has 0 aliphatic carbocycles. The maximum absolute atomic E-state index is 5.33. The van der Waals surface area contributed by atoms with E-state index in [9.17, 15) is 0 Å². The van der Waals surface area contributed by atoms with Gasteiger partial charge in [0.05, 0.1) is 5.60 Å². The minimum Gasteiger partial charge on any atom is -0.413 e. The van der Waals surface area contributed by atoms with Gasteiger partial charge in [-0.05, 0) is 13.8 Å². The van der Waals surface area contributed by atoms with Gasteiger partial charge in [0.1, 0.15) is 0 Å². The minimum atomic E-state index is -0.106. The van der Waals surface area contributed by atoms with Crippen molar-refractivity contribution in [3.63, 3.8) is 0 Å². The molecule has 0 aromatic heterocycles. The molecule has 1 saturated heterocycles. The van der Waals surface area contributed by atoms with Crippen LogP contribution in [0.2, 0.25) is 0 Å². The zero-order chi connectivity index (χ0) is 12.1. The van der Waals surface area contributed by atoms with Crippen molar-refractivity contribution >= 4 is 7.69 Å². The highest BCUT2D eigenvalue weighted by Crippen LogP contribution is 2.35. The van der Waals surface area contributed by atoms with E-state index < -0.39 is 0 Å². The lowest BCUT2D eigenvalue weighted by molar-refractivity contribution is -0.0873. The first kappa shape index (κ1) is 13.3. The predicted octanol–water partition coefficient (Wildman–Crippen LogP) is 3.06. The molecule has 0 spiro atoms. The van der Waals surface area contributed by atoms with Crippen molar-refractivity contribution in [2.24, 2.45) is 5.41 Å². The largest absolute Gasteiger partial charge is 0.488 e. The number of benzene rings is 1. The van der Waals surface area contributed by atoms with Gasteiger partial charge in [0.25, 0.3) is 0 Å². The lowest BCUT2D eigenvalue weighted by atomic mass is 9.76. The van der Waals surface area contributed by atoms with E-state index in [4.69, 9.17) is 9.31 Å². The maximum atomic E-state index is 5.33. The Morgan fingerprint density at radius 2 is 1.31 bits per heavy atom. The van der Waals surface area contributed by atoms with Gasteiger partial charge in [0.15, 0.2) is 0 Å². The smallest absolute Gasteiger partial charge is 0.413 e. The summed E-state index contributed by atoms with van der Waals surface area (Å²) in [5.74, 6) is 0. The molecular formula is C13H20BO2. The van der Waals surface area contributed by atoms with Crippen molar-refractivity contribution < 1.29 is 9.31 Å². The van der Waals surface area contributed by atoms with Gasteiger partial charge < -0.3 is 9.31 Å². The molecule has 0 amide bonds. The standard InChI is InChI=1S/C7H14BO2.C6H6/c1-6(2)5-9-8-10-7(6,3)4;1-2-4-6-5-3-1/h5H2,1-4H3;1-6H. The molecule has 0 atom stereocenters. The van der Waals surface area contributed by atoms with E-state index >= 15 is 0 Å². The molecular weight excluding hydrogens is 199 g/mol. The molecule has 0 N–H and O–H groups in total. The summed E-state index contributed by atoms with van der Waals surface area (Å²) in [4.78, 5) is 0. The van der Waals surface area contributed by atoms with Gasteiger partial charge in [-0.25, -0.2) is 0 Å². The molecule has 16 heavy (non-hydrogen) atoms. The van der Waals surface area contributed by atoms with Crippen LogP contribution in [0.5, 0.6) is 0 Å². The average Bonchev–Trinajstić information content (AvgIpc) is 2.26. The molecule has 1 aromatic rings. The summed E-state index contributed by atoms with van der Waals surface area (Å²) in [7, 11) is 1.44. The van der Waals surface area contributed by atoms with Crippen LogP contribution in [0.25, 0.3) is 0 Å². The highest BCUT2D eigenvalue weighted by Gasteiger charge is 2.41. The monoisotopic (exact) mass is 219 g/mol. The van der Waals surface area contributed by atoms with Crippen molar-refractivity contribution in [1.29, 1.82) is 0 Å². The van der Waals surface area contributed by atoms with Crippen LogP contribution in [0.4, 0.5) is 0 Å². The zero-order valence-electron chi connectivity index (χ0n) is 10.6. The van der Waals surface area contributed by atoms with Crippen molar-refractivity contribution in [2.75, 3.05) is 6.61 Å². The molecule has 2 nitrogen and oxygen atoms in total. The van der Waals surface area contributed by atoms with Crippen LogP contribution in [-0.2, 0) is 9.31 Å². The lowest BCUT2D eigenvalue weighted by Crippen LogP contribution is -2.50. The molecule has 3 heteroatoms. The van der Waals surface area contributed by atoms with Gasteiger partial charge in [-0.3, -0.25) is 0 Å². The first-order valence-electron chi connectivity index (χ1n) is 5.57. The summed E-state index contributed by atoms with van der Waals surface area (Å²) in [6.07, 6.45) is 0. The van der Waals surface area contributed by atoms with Crippen LogP contribution in [0.15, 0.2) is 36.4 Å². The van der Waals surface area contributed by atoms with E-state index in [1.165, 1.54) is 7.69 Å². The van der Waals surface area contributed by atoms with Gasteiger partial charge in [-0.1, -0.05) is 50.2 Å². The SMILES string of the molecule is CC1(C)CO[B]OC1(C)C.c1ccccc1. The lowest BCUT2D eigenvalue weighted by Gasteiger charge is -2.44.